The van der Waals surface area contributed by atoms with Gasteiger partial charge >= 0.3 is 0 Å². The largest absolute Gasteiger partial charge is 0.507 e. The Bertz CT molecular complexity index is 489. The van der Waals surface area contributed by atoms with Gasteiger partial charge in [0.15, 0.2) is 0 Å². The number of benzene rings is 1. The quantitative estimate of drug-likeness (QED) is 0.777. The van der Waals surface area contributed by atoms with Crippen molar-refractivity contribution in [1.82, 2.24) is 0 Å². The number of rotatable bonds is 3. The van der Waals surface area contributed by atoms with Gasteiger partial charge in [-0.05, 0) is 36.6 Å². The number of hydrogen-bond donors (Lipinski definition) is 2. The van der Waals surface area contributed by atoms with Crippen LogP contribution in [0.4, 0.5) is 5.69 Å². The van der Waals surface area contributed by atoms with E-state index in [9.17, 15) is 5.11 Å². The molecule has 0 unspecified atom stereocenters. The van der Waals surface area contributed by atoms with Crippen LogP contribution < -0.4 is 4.72 Å². The molecular weight excluding hydrogens is 230 g/mol. The van der Waals surface area contributed by atoms with Crippen LogP contribution in [0.3, 0.4) is 0 Å². The summed E-state index contributed by atoms with van der Waals surface area (Å²) in [6.07, 6.45) is 8.28. The predicted octanol–water partition coefficient (Wildman–Crippen LogP) is 4.34. The first-order chi connectivity index (χ1) is 8.27. The van der Waals surface area contributed by atoms with Gasteiger partial charge < -0.3 is 9.83 Å². The van der Waals surface area contributed by atoms with Gasteiger partial charge in [-0.25, -0.2) is 0 Å². The molecule has 0 fully saturated rings. The summed E-state index contributed by atoms with van der Waals surface area (Å²) in [5.41, 5.74) is 2.27. The second kappa shape index (κ2) is 5.64. The maximum absolute atomic E-state index is 9.79. The third-order valence-electron chi connectivity index (χ3n) is 2.52. The summed E-state index contributed by atoms with van der Waals surface area (Å²) in [5.74, 6) is 0.334. The van der Waals surface area contributed by atoms with Crippen molar-refractivity contribution in [3.63, 3.8) is 0 Å². The Kier molecular flexibility index (Phi) is 3.94. The van der Waals surface area contributed by atoms with Crippen LogP contribution in [0.5, 0.6) is 0 Å². The molecule has 0 atom stereocenters. The molecule has 0 radical (unpaired) electrons. The molecule has 1 aromatic rings. The fourth-order valence-corrected chi connectivity index (χ4v) is 2.31. The third-order valence-corrected chi connectivity index (χ3v) is 3.46. The van der Waals surface area contributed by atoms with Crippen LogP contribution in [0.25, 0.3) is 0 Å². The van der Waals surface area contributed by atoms with Gasteiger partial charge in [0, 0.05) is 12.1 Å². The van der Waals surface area contributed by atoms with Crippen molar-refractivity contribution < 1.29 is 5.11 Å². The van der Waals surface area contributed by atoms with Crippen molar-refractivity contribution in [2.45, 2.75) is 13.3 Å². The first kappa shape index (κ1) is 11.9. The van der Waals surface area contributed by atoms with Gasteiger partial charge in [-0.1, -0.05) is 36.4 Å². The van der Waals surface area contributed by atoms with E-state index in [4.69, 9.17) is 0 Å². The molecule has 1 aliphatic carbocycles. The summed E-state index contributed by atoms with van der Waals surface area (Å²) in [4.78, 5) is 0.929. The lowest BCUT2D eigenvalue weighted by atomic mass is 10.2. The lowest BCUT2D eigenvalue weighted by Crippen LogP contribution is -1.92. The summed E-state index contributed by atoms with van der Waals surface area (Å²) in [6, 6.07) is 8.10. The van der Waals surface area contributed by atoms with Crippen molar-refractivity contribution in [2.75, 3.05) is 4.72 Å². The Balaban J connectivity index is 2.06. The second-order valence-electron chi connectivity index (χ2n) is 3.82. The highest BCUT2D eigenvalue weighted by Gasteiger charge is 2.05. The van der Waals surface area contributed by atoms with Gasteiger partial charge in [0.1, 0.15) is 5.76 Å². The minimum Gasteiger partial charge on any atom is -0.507 e. The topological polar surface area (TPSA) is 32.3 Å². The lowest BCUT2D eigenvalue weighted by Gasteiger charge is -2.10. The highest BCUT2D eigenvalue weighted by Crippen LogP contribution is 2.27. The van der Waals surface area contributed by atoms with E-state index < -0.39 is 0 Å². The highest BCUT2D eigenvalue weighted by atomic mass is 32.2. The maximum atomic E-state index is 9.79. The average molecular weight is 245 g/mol. The van der Waals surface area contributed by atoms with Crippen molar-refractivity contribution in [2.24, 2.45) is 0 Å². The Morgan fingerprint density at radius 1 is 1.24 bits per heavy atom. The van der Waals surface area contributed by atoms with Crippen LogP contribution >= 0.6 is 11.9 Å². The van der Waals surface area contributed by atoms with E-state index in [0.29, 0.717) is 5.76 Å². The molecular formula is C14H15NOS. The molecule has 1 aliphatic rings. The molecule has 0 saturated carbocycles. The molecule has 88 valence electrons. The van der Waals surface area contributed by atoms with Crippen molar-refractivity contribution in [1.29, 1.82) is 0 Å². The molecule has 2 rings (SSSR count). The standard InChI is InChI=1S/C14H15NOS/c1-11-7-5-6-8-12(11)15-17-14-10-4-2-3-9-13(14)16/h2-9,15-16H,10H2,1H3. The predicted molar refractivity (Wildman–Crippen MR) is 74.9 cm³/mol. The Morgan fingerprint density at radius 2 is 2.06 bits per heavy atom. The number of nitrogens with one attached hydrogen (secondary N) is 1. The van der Waals surface area contributed by atoms with Gasteiger partial charge in [0.25, 0.3) is 0 Å². The summed E-state index contributed by atoms with van der Waals surface area (Å²) in [7, 11) is 0. The number of anilines is 1. The molecule has 0 aromatic heterocycles. The Hall–Kier alpha value is -1.61. The molecule has 1 aromatic carbocycles. The SMILES string of the molecule is Cc1ccccc1NSC1=C(O)C=CC=CC1. The summed E-state index contributed by atoms with van der Waals surface area (Å²) in [5, 5.41) is 9.79. The van der Waals surface area contributed by atoms with Gasteiger partial charge in [0.2, 0.25) is 0 Å². The molecule has 0 aliphatic heterocycles. The van der Waals surface area contributed by atoms with E-state index in [-0.39, 0.29) is 0 Å². The van der Waals surface area contributed by atoms with E-state index >= 15 is 0 Å². The first-order valence-electron chi connectivity index (χ1n) is 5.51. The van der Waals surface area contributed by atoms with Crippen LogP contribution in [0.1, 0.15) is 12.0 Å². The minimum atomic E-state index is 0.334. The van der Waals surface area contributed by atoms with Crippen LogP contribution in [0.15, 0.2) is 59.2 Å². The molecule has 3 heteroatoms. The zero-order chi connectivity index (χ0) is 12.1. The fraction of sp³-hybridized carbons (Fsp3) is 0.143. The number of aryl methyl sites for hydroxylation is 1. The van der Waals surface area contributed by atoms with E-state index in [1.54, 1.807) is 6.08 Å². The van der Waals surface area contributed by atoms with E-state index in [0.717, 1.165) is 17.0 Å². The van der Waals surface area contributed by atoms with Gasteiger partial charge in [-0.3, -0.25) is 0 Å². The smallest absolute Gasteiger partial charge is 0.127 e. The Morgan fingerprint density at radius 3 is 2.88 bits per heavy atom. The molecule has 2 N–H and O–H groups in total. The van der Waals surface area contributed by atoms with E-state index in [2.05, 4.69) is 17.7 Å². The minimum absolute atomic E-state index is 0.334. The highest BCUT2D eigenvalue weighted by molar-refractivity contribution is 8.04. The number of para-hydroxylation sites is 1. The first-order valence-corrected chi connectivity index (χ1v) is 6.33. The van der Waals surface area contributed by atoms with Gasteiger partial charge in [-0.2, -0.15) is 0 Å². The zero-order valence-corrected chi connectivity index (χ0v) is 10.5. The third kappa shape index (κ3) is 3.17. The zero-order valence-electron chi connectivity index (χ0n) is 9.68. The monoisotopic (exact) mass is 245 g/mol. The summed E-state index contributed by atoms with van der Waals surface area (Å²) >= 11 is 1.46. The molecule has 0 heterocycles. The second-order valence-corrected chi connectivity index (χ2v) is 4.72. The lowest BCUT2D eigenvalue weighted by molar-refractivity contribution is 0.429. The molecule has 0 spiro atoms. The van der Waals surface area contributed by atoms with Crippen molar-refractivity contribution in [3.8, 4) is 0 Å². The van der Waals surface area contributed by atoms with Gasteiger partial charge in [-0.15, -0.1) is 0 Å². The Labute approximate surface area is 106 Å². The summed E-state index contributed by atoms with van der Waals surface area (Å²) < 4.78 is 3.27. The van der Waals surface area contributed by atoms with Crippen LogP contribution in [0.2, 0.25) is 0 Å². The molecule has 17 heavy (non-hydrogen) atoms. The molecule has 2 nitrogen and oxygen atoms in total. The normalized spacial score (nSPS) is 14.9. The molecule has 0 bridgehead atoms. The maximum Gasteiger partial charge on any atom is 0.127 e. The van der Waals surface area contributed by atoms with Crippen LogP contribution in [-0.4, -0.2) is 5.11 Å². The van der Waals surface area contributed by atoms with E-state index in [1.165, 1.54) is 17.5 Å². The van der Waals surface area contributed by atoms with E-state index in [1.807, 2.05) is 36.4 Å². The number of allylic oxidation sites excluding steroid dienone is 5. The van der Waals surface area contributed by atoms with Gasteiger partial charge in [0.05, 0.1) is 4.91 Å². The summed E-state index contributed by atoms with van der Waals surface area (Å²) in [6.45, 7) is 2.06. The number of aliphatic hydroxyl groups is 1. The van der Waals surface area contributed by atoms with Crippen LogP contribution in [-0.2, 0) is 0 Å². The molecule has 0 amide bonds. The van der Waals surface area contributed by atoms with Crippen molar-refractivity contribution in [3.05, 3.63) is 64.8 Å². The molecule has 0 saturated heterocycles. The number of hydrogen-bond acceptors (Lipinski definition) is 3. The van der Waals surface area contributed by atoms with Crippen LogP contribution in [0, 0.1) is 6.92 Å². The van der Waals surface area contributed by atoms with Crippen molar-refractivity contribution >= 4 is 17.6 Å². The fourth-order valence-electron chi connectivity index (χ4n) is 1.50. The number of aliphatic hydroxyl groups excluding tert-OH is 1. The average Bonchev–Trinajstić information content (AvgIpc) is 2.53.